The molecule has 1 aliphatic heterocycles. The lowest BCUT2D eigenvalue weighted by Crippen LogP contribution is -2.16. The van der Waals surface area contributed by atoms with Gasteiger partial charge in [-0.25, -0.2) is 4.39 Å². The Kier molecular flexibility index (Phi) is 3.72. The van der Waals surface area contributed by atoms with Gasteiger partial charge in [-0.1, -0.05) is 11.6 Å². The molecule has 0 atom stereocenters. The number of H-pyrrole nitrogens is 1. The molecule has 1 saturated heterocycles. The fourth-order valence-corrected chi connectivity index (χ4v) is 4.05. The molecule has 1 N–H and O–H groups in total. The number of aromatic nitrogens is 3. The Morgan fingerprint density at radius 2 is 1.96 bits per heavy atom. The monoisotopic (exact) mass is 369 g/mol. The summed E-state index contributed by atoms with van der Waals surface area (Å²) in [5, 5.41) is 9.45. The fraction of sp³-hybridized carbons (Fsp3) is 0.250. The molecule has 1 aliphatic rings. The summed E-state index contributed by atoms with van der Waals surface area (Å²) in [6, 6.07) is 11.4. The van der Waals surface area contributed by atoms with Crippen molar-refractivity contribution in [2.45, 2.75) is 18.8 Å². The second-order valence-electron chi connectivity index (χ2n) is 6.76. The molecule has 0 amide bonds. The molecule has 0 bridgehead atoms. The quantitative estimate of drug-likeness (QED) is 0.528. The Morgan fingerprint density at radius 1 is 1.12 bits per heavy atom. The highest BCUT2D eigenvalue weighted by atomic mass is 35.5. The lowest BCUT2D eigenvalue weighted by molar-refractivity contribution is 0.0842. The molecular weight excluding hydrogens is 353 g/mol. The lowest BCUT2D eigenvalue weighted by Gasteiger charge is -2.24. The van der Waals surface area contributed by atoms with Crippen molar-refractivity contribution in [3.8, 4) is 5.69 Å². The van der Waals surface area contributed by atoms with Gasteiger partial charge in [-0.2, -0.15) is 5.10 Å². The molecule has 0 aliphatic carbocycles. The SMILES string of the molecule is Fc1ccc(-n2c(C3CCOCC3)cc3cc4[nH]ncc4cc32)cc1Cl. The molecule has 0 radical (unpaired) electrons. The van der Waals surface area contributed by atoms with E-state index in [9.17, 15) is 4.39 Å². The molecule has 1 fully saturated rings. The molecule has 2 aromatic heterocycles. The van der Waals surface area contributed by atoms with Crippen molar-refractivity contribution in [1.82, 2.24) is 14.8 Å². The van der Waals surface area contributed by atoms with E-state index in [2.05, 4.69) is 33.0 Å². The van der Waals surface area contributed by atoms with Crippen molar-refractivity contribution >= 4 is 33.4 Å². The van der Waals surface area contributed by atoms with Gasteiger partial charge in [0.2, 0.25) is 0 Å². The van der Waals surface area contributed by atoms with E-state index >= 15 is 0 Å². The van der Waals surface area contributed by atoms with Crippen molar-refractivity contribution < 1.29 is 9.13 Å². The summed E-state index contributed by atoms with van der Waals surface area (Å²) in [6.45, 7) is 1.53. The van der Waals surface area contributed by atoms with Gasteiger partial charge in [0.05, 0.1) is 22.3 Å². The summed E-state index contributed by atoms with van der Waals surface area (Å²) in [5.41, 5.74) is 4.16. The van der Waals surface area contributed by atoms with Crippen molar-refractivity contribution in [3.05, 3.63) is 59.1 Å². The first-order chi connectivity index (χ1) is 12.7. The number of nitrogens with one attached hydrogen (secondary N) is 1. The second-order valence-corrected chi connectivity index (χ2v) is 7.17. The molecule has 0 spiro atoms. The van der Waals surface area contributed by atoms with Gasteiger partial charge in [-0.05, 0) is 49.2 Å². The van der Waals surface area contributed by atoms with Gasteiger partial charge >= 0.3 is 0 Å². The molecule has 0 saturated carbocycles. The van der Waals surface area contributed by atoms with Gasteiger partial charge < -0.3 is 9.30 Å². The van der Waals surface area contributed by atoms with Crippen LogP contribution < -0.4 is 0 Å². The highest BCUT2D eigenvalue weighted by molar-refractivity contribution is 6.30. The molecule has 3 heterocycles. The van der Waals surface area contributed by atoms with E-state index in [1.807, 2.05) is 6.20 Å². The van der Waals surface area contributed by atoms with Crippen molar-refractivity contribution in [1.29, 1.82) is 0 Å². The van der Waals surface area contributed by atoms with Crippen LogP contribution in [0.1, 0.15) is 24.5 Å². The minimum absolute atomic E-state index is 0.131. The Bertz CT molecular complexity index is 1110. The highest BCUT2D eigenvalue weighted by Crippen LogP contribution is 2.36. The first kappa shape index (κ1) is 15.9. The molecule has 26 heavy (non-hydrogen) atoms. The number of fused-ring (bicyclic) bond motifs is 2. The van der Waals surface area contributed by atoms with Crippen LogP contribution in [0.4, 0.5) is 4.39 Å². The second kappa shape index (κ2) is 6.11. The Morgan fingerprint density at radius 3 is 2.77 bits per heavy atom. The van der Waals surface area contributed by atoms with Gasteiger partial charge in [0.1, 0.15) is 5.82 Å². The van der Waals surface area contributed by atoms with E-state index in [0.717, 1.165) is 53.5 Å². The van der Waals surface area contributed by atoms with Gasteiger partial charge in [0.15, 0.2) is 0 Å². The lowest BCUT2D eigenvalue weighted by atomic mass is 9.96. The maximum Gasteiger partial charge on any atom is 0.141 e. The van der Waals surface area contributed by atoms with Gasteiger partial charge in [0, 0.05) is 41.3 Å². The van der Waals surface area contributed by atoms with Crippen molar-refractivity contribution in [3.63, 3.8) is 0 Å². The van der Waals surface area contributed by atoms with E-state index in [4.69, 9.17) is 16.3 Å². The molecule has 5 rings (SSSR count). The van der Waals surface area contributed by atoms with Crippen LogP contribution in [0.2, 0.25) is 5.02 Å². The van der Waals surface area contributed by atoms with Crippen LogP contribution in [0, 0.1) is 5.82 Å². The Balaban J connectivity index is 1.79. The van der Waals surface area contributed by atoms with Crippen LogP contribution in [-0.2, 0) is 4.74 Å². The molecule has 4 nitrogen and oxygen atoms in total. The summed E-state index contributed by atoms with van der Waals surface area (Å²) in [7, 11) is 0. The van der Waals surface area contributed by atoms with E-state index in [1.54, 1.807) is 12.1 Å². The first-order valence-electron chi connectivity index (χ1n) is 8.72. The standard InChI is InChI=1S/C20H17ClFN3O/c21-16-10-15(1-2-17(16)22)25-19(12-3-5-26-6-4-12)8-13-7-18-14(9-20(13)25)11-23-24-18/h1-2,7-12H,3-6H2,(H,23,24). The number of nitrogens with zero attached hydrogens (tertiary/aromatic N) is 2. The van der Waals surface area contributed by atoms with Gasteiger partial charge in [-0.3, -0.25) is 5.10 Å². The number of benzene rings is 2. The third-order valence-corrected chi connectivity index (χ3v) is 5.48. The van der Waals surface area contributed by atoms with Crippen LogP contribution in [0.5, 0.6) is 0 Å². The molecule has 6 heteroatoms. The largest absolute Gasteiger partial charge is 0.381 e. The predicted molar refractivity (Wildman–Crippen MR) is 101 cm³/mol. The highest BCUT2D eigenvalue weighted by Gasteiger charge is 2.23. The van der Waals surface area contributed by atoms with E-state index in [0.29, 0.717) is 5.92 Å². The molecule has 2 aromatic carbocycles. The third-order valence-electron chi connectivity index (χ3n) is 5.19. The fourth-order valence-electron chi connectivity index (χ4n) is 3.87. The van der Waals surface area contributed by atoms with Gasteiger partial charge in [-0.15, -0.1) is 0 Å². The van der Waals surface area contributed by atoms with Crippen molar-refractivity contribution in [2.24, 2.45) is 0 Å². The van der Waals surface area contributed by atoms with Crippen LogP contribution in [0.25, 0.3) is 27.5 Å². The van der Waals surface area contributed by atoms with Crippen LogP contribution in [0.15, 0.2) is 42.6 Å². The predicted octanol–water partition coefficient (Wildman–Crippen LogP) is 5.19. The number of halogens is 2. The Hall–Kier alpha value is -2.37. The number of hydrogen-bond donors (Lipinski definition) is 1. The maximum absolute atomic E-state index is 13.7. The minimum Gasteiger partial charge on any atom is -0.381 e. The van der Waals surface area contributed by atoms with E-state index in [1.165, 1.54) is 11.8 Å². The zero-order valence-electron chi connectivity index (χ0n) is 14.0. The summed E-state index contributed by atoms with van der Waals surface area (Å²) >= 11 is 6.07. The van der Waals surface area contributed by atoms with Crippen LogP contribution in [0.3, 0.4) is 0 Å². The average molecular weight is 370 g/mol. The Labute approximate surface area is 154 Å². The summed E-state index contributed by atoms with van der Waals surface area (Å²) in [5.74, 6) is -0.00633. The number of rotatable bonds is 2. The average Bonchev–Trinajstić information content (AvgIpc) is 3.26. The van der Waals surface area contributed by atoms with E-state index < -0.39 is 5.82 Å². The molecular formula is C20H17ClFN3O. The van der Waals surface area contributed by atoms with Gasteiger partial charge in [0.25, 0.3) is 0 Å². The van der Waals surface area contributed by atoms with Crippen LogP contribution >= 0.6 is 11.6 Å². The van der Waals surface area contributed by atoms with Crippen LogP contribution in [-0.4, -0.2) is 28.0 Å². The first-order valence-corrected chi connectivity index (χ1v) is 9.10. The summed E-state index contributed by atoms with van der Waals surface area (Å²) < 4.78 is 21.4. The normalized spacial score (nSPS) is 15.9. The third kappa shape index (κ3) is 2.50. The topological polar surface area (TPSA) is 42.8 Å². The van der Waals surface area contributed by atoms with Crippen molar-refractivity contribution in [2.75, 3.05) is 13.2 Å². The zero-order valence-corrected chi connectivity index (χ0v) is 14.8. The number of aromatic amines is 1. The smallest absolute Gasteiger partial charge is 0.141 e. The number of ether oxygens (including phenoxy) is 1. The molecule has 132 valence electrons. The number of hydrogen-bond acceptors (Lipinski definition) is 2. The zero-order chi connectivity index (χ0) is 17.7. The summed E-state index contributed by atoms with van der Waals surface area (Å²) in [6.07, 6.45) is 3.77. The van der Waals surface area contributed by atoms with E-state index in [-0.39, 0.29) is 5.02 Å². The minimum atomic E-state index is -0.406. The molecule has 0 unspecified atom stereocenters. The molecule has 4 aromatic rings. The summed E-state index contributed by atoms with van der Waals surface area (Å²) in [4.78, 5) is 0. The maximum atomic E-state index is 13.7.